The molecule has 2 fully saturated rings. The van der Waals surface area contributed by atoms with Gasteiger partial charge in [-0.25, -0.2) is 0 Å². The standard InChI is InChI=1S/C13H26N2O2/c16-8-10-17-9-2-5-14-12-4-7-15-6-1-3-13(15)11-12/h12-14,16H,1-11H2. The second-order valence-electron chi connectivity index (χ2n) is 5.20. The maximum absolute atomic E-state index is 8.57. The first kappa shape index (κ1) is 13.3. The van der Waals surface area contributed by atoms with Crippen molar-refractivity contribution >= 4 is 0 Å². The van der Waals surface area contributed by atoms with Crippen LogP contribution in [0.5, 0.6) is 0 Å². The van der Waals surface area contributed by atoms with Gasteiger partial charge in [0.2, 0.25) is 0 Å². The smallest absolute Gasteiger partial charge is 0.0697 e. The largest absolute Gasteiger partial charge is 0.394 e. The molecule has 0 spiro atoms. The van der Waals surface area contributed by atoms with Crippen LogP contribution in [-0.4, -0.2) is 61.5 Å². The van der Waals surface area contributed by atoms with Gasteiger partial charge in [0, 0.05) is 18.7 Å². The lowest BCUT2D eigenvalue weighted by atomic mass is 9.97. The maximum Gasteiger partial charge on any atom is 0.0697 e. The summed E-state index contributed by atoms with van der Waals surface area (Å²) in [6, 6.07) is 1.57. The van der Waals surface area contributed by atoms with E-state index < -0.39 is 0 Å². The van der Waals surface area contributed by atoms with Gasteiger partial charge in [0.1, 0.15) is 0 Å². The fraction of sp³-hybridized carbons (Fsp3) is 1.00. The molecule has 17 heavy (non-hydrogen) atoms. The van der Waals surface area contributed by atoms with Crippen molar-refractivity contribution in [2.75, 3.05) is 39.5 Å². The molecule has 0 aromatic carbocycles. The molecule has 2 aliphatic heterocycles. The monoisotopic (exact) mass is 242 g/mol. The lowest BCUT2D eigenvalue weighted by Crippen LogP contribution is -2.45. The van der Waals surface area contributed by atoms with Gasteiger partial charge in [-0.05, 0) is 51.7 Å². The predicted octanol–water partition coefficient (Wildman–Crippen LogP) is 0.602. The number of nitrogens with zero attached hydrogens (tertiary/aromatic N) is 1. The molecule has 0 aliphatic carbocycles. The third-order valence-electron chi connectivity index (χ3n) is 3.95. The molecule has 4 nitrogen and oxygen atoms in total. The summed E-state index contributed by atoms with van der Waals surface area (Å²) in [6.45, 7) is 5.02. The lowest BCUT2D eigenvalue weighted by molar-refractivity contribution is 0.0893. The third-order valence-corrected chi connectivity index (χ3v) is 3.95. The molecular formula is C13H26N2O2. The molecule has 4 heteroatoms. The van der Waals surface area contributed by atoms with Gasteiger partial charge in [-0.3, -0.25) is 0 Å². The number of aliphatic hydroxyl groups excluding tert-OH is 1. The number of nitrogens with one attached hydrogen (secondary N) is 1. The van der Waals surface area contributed by atoms with Crippen molar-refractivity contribution in [2.45, 2.75) is 44.2 Å². The first-order valence-electron chi connectivity index (χ1n) is 7.06. The molecule has 0 amide bonds. The van der Waals surface area contributed by atoms with Crippen LogP contribution in [0.3, 0.4) is 0 Å². The van der Waals surface area contributed by atoms with Crippen LogP contribution in [0.25, 0.3) is 0 Å². The first-order valence-corrected chi connectivity index (χ1v) is 7.06. The Kier molecular flexibility index (Phi) is 5.71. The van der Waals surface area contributed by atoms with Crippen LogP contribution in [0.4, 0.5) is 0 Å². The highest BCUT2D eigenvalue weighted by Crippen LogP contribution is 2.26. The van der Waals surface area contributed by atoms with Crippen molar-refractivity contribution in [1.29, 1.82) is 0 Å². The molecule has 100 valence electrons. The van der Waals surface area contributed by atoms with Crippen molar-refractivity contribution in [3.8, 4) is 0 Å². The number of hydrogen-bond donors (Lipinski definition) is 2. The maximum atomic E-state index is 8.57. The second kappa shape index (κ2) is 7.31. The summed E-state index contributed by atoms with van der Waals surface area (Å²) in [5.74, 6) is 0. The summed E-state index contributed by atoms with van der Waals surface area (Å²) in [6.07, 6.45) is 6.47. The minimum absolute atomic E-state index is 0.133. The Balaban J connectivity index is 1.51. The number of piperidine rings is 1. The Bertz CT molecular complexity index is 214. The number of ether oxygens (including phenoxy) is 1. The molecule has 0 saturated carbocycles. The van der Waals surface area contributed by atoms with Gasteiger partial charge in [-0.15, -0.1) is 0 Å². The van der Waals surface area contributed by atoms with Gasteiger partial charge in [0.25, 0.3) is 0 Å². The lowest BCUT2D eigenvalue weighted by Gasteiger charge is -2.35. The van der Waals surface area contributed by atoms with Crippen LogP contribution >= 0.6 is 0 Å². The number of hydrogen-bond acceptors (Lipinski definition) is 4. The van der Waals surface area contributed by atoms with Gasteiger partial charge < -0.3 is 20.1 Å². The fourth-order valence-electron chi connectivity index (χ4n) is 3.06. The normalized spacial score (nSPS) is 29.5. The molecule has 0 aromatic heterocycles. The summed E-state index contributed by atoms with van der Waals surface area (Å²) >= 11 is 0. The topological polar surface area (TPSA) is 44.7 Å². The molecule has 2 atom stereocenters. The van der Waals surface area contributed by atoms with Gasteiger partial charge in [0.05, 0.1) is 13.2 Å². The predicted molar refractivity (Wildman–Crippen MR) is 68.1 cm³/mol. The van der Waals surface area contributed by atoms with E-state index in [0.29, 0.717) is 12.6 Å². The number of aliphatic hydroxyl groups is 1. The molecule has 2 heterocycles. The SMILES string of the molecule is OCCOCCCNC1CCN2CCCC2C1. The quantitative estimate of drug-likeness (QED) is 0.642. The zero-order valence-corrected chi connectivity index (χ0v) is 10.7. The van der Waals surface area contributed by atoms with E-state index in [4.69, 9.17) is 9.84 Å². The molecule has 0 bridgehead atoms. The Morgan fingerprint density at radius 2 is 2.18 bits per heavy atom. The Hall–Kier alpha value is -0.160. The van der Waals surface area contributed by atoms with Crippen molar-refractivity contribution in [3.63, 3.8) is 0 Å². The Morgan fingerprint density at radius 1 is 1.24 bits per heavy atom. The molecule has 0 aromatic rings. The number of fused-ring (bicyclic) bond motifs is 1. The van der Waals surface area contributed by atoms with E-state index in [1.54, 1.807) is 0 Å². The van der Waals surface area contributed by atoms with Crippen LogP contribution < -0.4 is 5.32 Å². The van der Waals surface area contributed by atoms with Gasteiger partial charge >= 0.3 is 0 Å². The summed E-state index contributed by atoms with van der Waals surface area (Å²) in [5, 5.41) is 12.2. The van der Waals surface area contributed by atoms with E-state index in [-0.39, 0.29) is 6.61 Å². The molecule has 2 saturated heterocycles. The van der Waals surface area contributed by atoms with E-state index in [2.05, 4.69) is 10.2 Å². The molecule has 2 N–H and O–H groups in total. The van der Waals surface area contributed by atoms with Crippen LogP contribution in [0, 0.1) is 0 Å². The Labute approximate surface area is 104 Å². The van der Waals surface area contributed by atoms with E-state index in [1.807, 2.05) is 0 Å². The van der Waals surface area contributed by atoms with Crippen molar-refractivity contribution < 1.29 is 9.84 Å². The molecule has 2 aliphatic rings. The summed E-state index contributed by atoms with van der Waals surface area (Å²) in [7, 11) is 0. The highest BCUT2D eigenvalue weighted by atomic mass is 16.5. The van der Waals surface area contributed by atoms with E-state index in [1.165, 1.54) is 38.8 Å². The first-order chi connectivity index (χ1) is 8.40. The van der Waals surface area contributed by atoms with Gasteiger partial charge in [-0.2, -0.15) is 0 Å². The fourth-order valence-corrected chi connectivity index (χ4v) is 3.06. The van der Waals surface area contributed by atoms with Crippen molar-refractivity contribution in [2.24, 2.45) is 0 Å². The third kappa shape index (κ3) is 4.21. The Morgan fingerprint density at radius 3 is 3.06 bits per heavy atom. The molecule has 2 unspecified atom stereocenters. The minimum atomic E-state index is 0.133. The van der Waals surface area contributed by atoms with Crippen LogP contribution in [0.2, 0.25) is 0 Å². The van der Waals surface area contributed by atoms with Crippen LogP contribution in [-0.2, 0) is 4.74 Å². The van der Waals surface area contributed by atoms with Crippen LogP contribution in [0.1, 0.15) is 32.1 Å². The molecular weight excluding hydrogens is 216 g/mol. The zero-order chi connectivity index (χ0) is 11.9. The summed E-state index contributed by atoms with van der Waals surface area (Å²) < 4.78 is 5.24. The summed E-state index contributed by atoms with van der Waals surface area (Å²) in [4.78, 5) is 2.66. The van der Waals surface area contributed by atoms with E-state index in [9.17, 15) is 0 Å². The van der Waals surface area contributed by atoms with E-state index >= 15 is 0 Å². The number of rotatable bonds is 7. The van der Waals surface area contributed by atoms with Gasteiger partial charge in [-0.1, -0.05) is 0 Å². The highest BCUT2D eigenvalue weighted by Gasteiger charge is 2.31. The summed E-state index contributed by atoms with van der Waals surface area (Å²) in [5.41, 5.74) is 0. The minimum Gasteiger partial charge on any atom is -0.394 e. The van der Waals surface area contributed by atoms with Gasteiger partial charge in [0.15, 0.2) is 0 Å². The molecule has 0 radical (unpaired) electrons. The second-order valence-corrected chi connectivity index (χ2v) is 5.20. The average Bonchev–Trinajstić information content (AvgIpc) is 2.81. The van der Waals surface area contributed by atoms with E-state index in [0.717, 1.165) is 25.6 Å². The zero-order valence-electron chi connectivity index (χ0n) is 10.7. The highest BCUT2D eigenvalue weighted by molar-refractivity contribution is 4.88. The van der Waals surface area contributed by atoms with Crippen molar-refractivity contribution in [3.05, 3.63) is 0 Å². The van der Waals surface area contributed by atoms with Crippen molar-refractivity contribution in [1.82, 2.24) is 10.2 Å². The van der Waals surface area contributed by atoms with Crippen LogP contribution in [0.15, 0.2) is 0 Å². The average molecular weight is 242 g/mol. The molecule has 2 rings (SSSR count).